The Morgan fingerprint density at radius 1 is 1.19 bits per heavy atom. The SMILES string of the molecule is COC(=O)c1[nH]c(C)c(C(O)=C2C(=O)C(=O)N(CCN3CCOCC3)[C@@H]2c2ccc([N+](=O)[O-])cc2)c1C. The van der Waals surface area contributed by atoms with Gasteiger partial charge in [-0.25, -0.2) is 4.79 Å². The van der Waals surface area contributed by atoms with Crippen LogP contribution in [0.2, 0.25) is 0 Å². The predicted molar refractivity (Wildman–Crippen MR) is 131 cm³/mol. The molecule has 0 aliphatic carbocycles. The second-order valence-electron chi connectivity index (χ2n) is 8.91. The Morgan fingerprint density at radius 3 is 2.43 bits per heavy atom. The van der Waals surface area contributed by atoms with E-state index in [4.69, 9.17) is 9.47 Å². The minimum Gasteiger partial charge on any atom is -0.507 e. The van der Waals surface area contributed by atoms with Crippen molar-refractivity contribution in [3.05, 3.63) is 68.0 Å². The molecule has 2 fully saturated rings. The number of carbonyl (C=O) groups excluding carboxylic acids is 3. The molecule has 0 saturated carbocycles. The summed E-state index contributed by atoms with van der Waals surface area (Å²) in [6.45, 7) is 6.41. The van der Waals surface area contributed by atoms with Crippen LogP contribution in [0.15, 0.2) is 29.8 Å². The number of carbonyl (C=O) groups is 3. The van der Waals surface area contributed by atoms with Crippen molar-refractivity contribution in [1.82, 2.24) is 14.8 Å². The van der Waals surface area contributed by atoms with Crippen LogP contribution >= 0.6 is 0 Å². The Balaban J connectivity index is 1.81. The monoisotopic (exact) mass is 512 g/mol. The van der Waals surface area contributed by atoms with Gasteiger partial charge in [0.15, 0.2) is 0 Å². The third-order valence-corrected chi connectivity index (χ3v) is 6.78. The Kier molecular flexibility index (Phi) is 7.41. The highest BCUT2D eigenvalue weighted by molar-refractivity contribution is 6.46. The van der Waals surface area contributed by atoms with Crippen LogP contribution in [0, 0.1) is 24.0 Å². The molecule has 1 aromatic carbocycles. The zero-order valence-electron chi connectivity index (χ0n) is 20.8. The molecule has 0 radical (unpaired) electrons. The number of methoxy groups -OCH3 is 1. The number of ketones is 1. The number of Topliss-reactive ketones (excluding diaryl/α,β-unsaturated/α-hetero) is 1. The lowest BCUT2D eigenvalue weighted by atomic mass is 9.94. The predicted octanol–water partition coefficient (Wildman–Crippen LogP) is 2.08. The van der Waals surface area contributed by atoms with Gasteiger partial charge in [0.1, 0.15) is 11.5 Å². The third-order valence-electron chi connectivity index (χ3n) is 6.78. The highest BCUT2D eigenvalue weighted by Gasteiger charge is 2.46. The van der Waals surface area contributed by atoms with Gasteiger partial charge < -0.3 is 24.5 Å². The number of aromatic nitrogens is 1. The van der Waals surface area contributed by atoms with Crippen molar-refractivity contribution in [2.75, 3.05) is 46.5 Å². The van der Waals surface area contributed by atoms with Crippen molar-refractivity contribution in [1.29, 1.82) is 0 Å². The number of nitro groups is 1. The zero-order valence-corrected chi connectivity index (χ0v) is 20.8. The van der Waals surface area contributed by atoms with Crippen LogP contribution in [0.25, 0.3) is 5.76 Å². The number of aryl methyl sites for hydroxylation is 1. The number of hydrogen-bond acceptors (Lipinski definition) is 9. The molecule has 12 heteroatoms. The number of morpholine rings is 1. The number of aliphatic hydroxyl groups excluding tert-OH is 1. The molecule has 2 aliphatic rings. The number of nitrogens with one attached hydrogen (secondary N) is 1. The van der Waals surface area contributed by atoms with Crippen molar-refractivity contribution >= 4 is 29.1 Å². The third kappa shape index (κ3) is 4.85. The van der Waals surface area contributed by atoms with Crippen LogP contribution in [-0.2, 0) is 19.1 Å². The molecule has 1 aromatic heterocycles. The second kappa shape index (κ2) is 10.5. The number of likely N-dealkylation sites (tertiary alicyclic amines) is 1. The number of nitrogens with zero attached hydrogens (tertiary/aromatic N) is 3. The number of non-ortho nitro benzene ring substituents is 1. The van der Waals surface area contributed by atoms with Gasteiger partial charge in [-0.2, -0.15) is 0 Å². The molecular formula is C25H28N4O8. The first kappa shape index (κ1) is 26.0. The van der Waals surface area contributed by atoms with E-state index >= 15 is 0 Å². The molecule has 1 atom stereocenters. The van der Waals surface area contributed by atoms with Gasteiger partial charge in [-0.1, -0.05) is 0 Å². The fraction of sp³-hybridized carbons (Fsp3) is 0.400. The van der Waals surface area contributed by atoms with Gasteiger partial charge in [0.2, 0.25) is 0 Å². The number of benzene rings is 1. The van der Waals surface area contributed by atoms with E-state index in [1.165, 1.54) is 36.3 Å². The van der Waals surface area contributed by atoms with Gasteiger partial charge in [0.05, 0.1) is 36.9 Å². The van der Waals surface area contributed by atoms with E-state index in [2.05, 4.69) is 9.88 Å². The molecule has 2 saturated heterocycles. The van der Waals surface area contributed by atoms with Crippen LogP contribution in [0.4, 0.5) is 5.69 Å². The summed E-state index contributed by atoms with van der Waals surface area (Å²) in [5.41, 5.74) is 1.26. The van der Waals surface area contributed by atoms with Crippen molar-refractivity contribution in [3.63, 3.8) is 0 Å². The minimum atomic E-state index is -0.975. The number of aromatic amines is 1. The van der Waals surface area contributed by atoms with Gasteiger partial charge in [-0.05, 0) is 37.1 Å². The summed E-state index contributed by atoms with van der Waals surface area (Å²) in [4.78, 5) is 55.7. The van der Waals surface area contributed by atoms with E-state index in [1.54, 1.807) is 13.8 Å². The number of rotatable bonds is 7. The summed E-state index contributed by atoms with van der Waals surface area (Å²) in [6, 6.07) is 4.55. The number of nitro benzene ring substituents is 1. The zero-order chi connectivity index (χ0) is 26.9. The maximum Gasteiger partial charge on any atom is 0.354 e. The van der Waals surface area contributed by atoms with E-state index in [1.807, 2.05) is 0 Å². The minimum absolute atomic E-state index is 0.120. The summed E-state index contributed by atoms with van der Waals surface area (Å²) >= 11 is 0. The Labute approximate surface area is 212 Å². The topological polar surface area (TPSA) is 155 Å². The van der Waals surface area contributed by atoms with Crippen molar-refractivity contribution < 1.29 is 33.9 Å². The van der Waals surface area contributed by atoms with E-state index in [-0.39, 0.29) is 29.1 Å². The van der Waals surface area contributed by atoms with Crippen molar-refractivity contribution in [2.24, 2.45) is 0 Å². The van der Waals surface area contributed by atoms with Gasteiger partial charge in [-0.3, -0.25) is 24.6 Å². The highest BCUT2D eigenvalue weighted by Crippen LogP contribution is 2.41. The van der Waals surface area contributed by atoms with Gasteiger partial charge >= 0.3 is 5.97 Å². The van der Waals surface area contributed by atoms with Crippen LogP contribution in [-0.4, -0.2) is 89.0 Å². The number of H-pyrrole nitrogens is 1. The van der Waals surface area contributed by atoms with Crippen LogP contribution in [0.3, 0.4) is 0 Å². The van der Waals surface area contributed by atoms with E-state index in [0.29, 0.717) is 49.7 Å². The maximum absolute atomic E-state index is 13.3. The smallest absolute Gasteiger partial charge is 0.354 e. The lowest BCUT2D eigenvalue weighted by Crippen LogP contribution is -2.42. The Morgan fingerprint density at radius 2 is 1.84 bits per heavy atom. The summed E-state index contributed by atoms with van der Waals surface area (Å²) in [5, 5.41) is 22.6. The summed E-state index contributed by atoms with van der Waals surface area (Å²) < 4.78 is 10.2. The van der Waals surface area contributed by atoms with Crippen LogP contribution in [0.5, 0.6) is 0 Å². The molecule has 37 heavy (non-hydrogen) atoms. The fourth-order valence-corrected chi connectivity index (χ4v) is 4.86. The average molecular weight is 513 g/mol. The molecule has 0 bridgehead atoms. The molecule has 2 aromatic rings. The molecule has 0 spiro atoms. The lowest BCUT2D eigenvalue weighted by Gasteiger charge is -2.31. The first-order chi connectivity index (χ1) is 17.6. The standard InChI is InChI=1S/C25H28N4O8/c1-14-18(15(2)26-20(14)25(33)36-3)22(30)19-21(16-4-6-17(7-5-16)29(34)35)28(24(32)23(19)31)9-8-27-10-12-37-13-11-27/h4-7,21,26,30H,8-13H2,1-3H3/t21-/m1/s1. The number of aliphatic hydroxyl groups is 1. The quantitative estimate of drug-likeness (QED) is 0.142. The first-order valence-electron chi connectivity index (χ1n) is 11.8. The van der Waals surface area contributed by atoms with Gasteiger partial charge in [0, 0.05) is 49.6 Å². The van der Waals surface area contributed by atoms with Crippen molar-refractivity contribution in [2.45, 2.75) is 19.9 Å². The molecule has 2 aliphatic heterocycles. The normalized spacial score (nSPS) is 19.9. The van der Waals surface area contributed by atoms with E-state index in [0.717, 1.165) is 0 Å². The lowest BCUT2D eigenvalue weighted by molar-refractivity contribution is -0.384. The van der Waals surface area contributed by atoms with E-state index in [9.17, 15) is 29.6 Å². The largest absolute Gasteiger partial charge is 0.507 e. The molecule has 0 unspecified atom stereocenters. The van der Waals surface area contributed by atoms with Crippen LogP contribution in [0.1, 0.15) is 38.9 Å². The molecule has 2 N–H and O–H groups in total. The molecule has 3 heterocycles. The highest BCUT2D eigenvalue weighted by atomic mass is 16.6. The summed E-state index contributed by atoms with van der Waals surface area (Å²) in [7, 11) is 1.23. The molecule has 12 nitrogen and oxygen atoms in total. The van der Waals surface area contributed by atoms with Crippen molar-refractivity contribution in [3.8, 4) is 0 Å². The summed E-state index contributed by atoms with van der Waals surface area (Å²) in [5.74, 6) is -2.73. The Hall–Kier alpha value is -4.03. The molecule has 196 valence electrons. The van der Waals surface area contributed by atoms with Crippen LogP contribution < -0.4 is 0 Å². The number of hydrogen-bond donors (Lipinski definition) is 2. The fourth-order valence-electron chi connectivity index (χ4n) is 4.86. The van der Waals surface area contributed by atoms with Gasteiger partial charge in [-0.15, -0.1) is 0 Å². The molecular weight excluding hydrogens is 484 g/mol. The maximum atomic E-state index is 13.3. The molecule has 4 rings (SSSR count). The average Bonchev–Trinajstić information content (AvgIpc) is 3.34. The number of ether oxygens (including phenoxy) is 2. The summed E-state index contributed by atoms with van der Waals surface area (Å²) in [6.07, 6.45) is 0. The van der Waals surface area contributed by atoms with E-state index < -0.39 is 34.4 Å². The molecule has 1 amide bonds. The number of esters is 1. The second-order valence-corrected chi connectivity index (χ2v) is 8.91. The number of amides is 1. The van der Waals surface area contributed by atoms with Gasteiger partial charge in [0.25, 0.3) is 17.4 Å². The Bertz CT molecular complexity index is 1270. The first-order valence-corrected chi connectivity index (χ1v) is 11.8.